The lowest BCUT2D eigenvalue weighted by Crippen LogP contribution is -2.47. The van der Waals surface area contributed by atoms with Crippen LogP contribution in [0.15, 0.2) is 42.9 Å². The number of aromatic nitrogens is 3. The second-order valence-corrected chi connectivity index (χ2v) is 7.91. The number of nitrogens with zero attached hydrogens (tertiary/aromatic N) is 6. The largest absolute Gasteiger partial charge is 0.497 e. The molecule has 3 heterocycles. The number of benzene rings is 1. The highest BCUT2D eigenvalue weighted by molar-refractivity contribution is 6.33. The van der Waals surface area contributed by atoms with Crippen LogP contribution >= 0.6 is 11.6 Å². The Morgan fingerprint density at radius 3 is 2.29 bits per heavy atom. The summed E-state index contributed by atoms with van der Waals surface area (Å²) in [5, 5.41) is 14.1. The van der Waals surface area contributed by atoms with Gasteiger partial charge in [-0.25, -0.2) is 15.0 Å². The lowest BCUT2D eigenvalue weighted by molar-refractivity contribution is -0.383. The number of hydrogen-bond donors (Lipinski definition) is 1. The predicted molar refractivity (Wildman–Crippen MR) is 124 cm³/mol. The van der Waals surface area contributed by atoms with E-state index in [9.17, 15) is 23.3 Å². The summed E-state index contributed by atoms with van der Waals surface area (Å²) in [4.78, 5) is 26.9. The van der Waals surface area contributed by atoms with Crippen LogP contribution in [0.2, 0.25) is 5.02 Å². The van der Waals surface area contributed by atoms with Gasteiger partial charge < -0.3 is 19.9 Å². The van der Waals surface area contributed by atoms with Crippen LogP contribution in [-0.4, -0.2) is 53.2 Å². The molecule has 35 heavy (non-hydrogen) atoms. The fourth-order valence-electron chi connectivity index (χ4n) is 3.63. The van der Waals surface area contributed by atoms with Crippen LogP contribution < -0.4 is 19.9 Å². The summed E-state index contributed by atoms with van der Waals surface area (Å²) in [6.07, 6.45) is -2.91. The minimum atomic E-state index is -4.63. The van der Waals surface area contributed by atoms with Crippen LogP contribution in [0.3, 0.4) is 0 Å². The molecule has 10 nitrogen and oxygen atoms in total. The van der Waals surface area contributed by atoms with Crippen LogP contribution in [0.4, 0.5) is 42.0 Å². The molecule has 0 radical (unpaired) electrons. The third-order valence-corrected chi connectivity index (χ3v) is 5.70. The molecule has 2 aromatic heterocycles. The summed E-state index contributed by atoms with van der Waals surface area (Å²) in [6.45, 7) is 2.07. The Morgan fingerprint density at radius 2 is 1.71 bits per heavy atom. The molecule has 1 aliphatic heterocycles. The lowest BCUT2D eigenvalue weighted by atomic mass is 10.2. The first-order valence-electron chi connectivity index (χ1n) is 10.3. The molecule has 0 aliphatic carbocycles. The van der Waals surface area contributed by atoms with E-state index in [1.54, 1.807) is 12.0 Å². The normalized spacial score (nSPS) is 14.1. The van der Waals surface area contributed by atoms with E-state index in [1.165, 1.54) is 0 Å². The number of piperazine rings is 1. The number of pyridine rings is 1. The third kappa shape index (κ3) is 5.29. The van der Waals surface area contributed by atoms with E-state index in [4.69, 9.17) is 16.3 Å². The zero-order chi connectivity index (χ0) is 25.2. The van der Waals surface area contributed by atoms with E-state index in [0.29, 0.717) is 38.4 Å². The van der Waals surface area contributed by atoms with Crippen LogP contribution in [-0.2, 0) is 6.18 Å². The molecule has 14 heteroatoms. The topological polar surface area (TPSA) is 110 Å². The molecule has 4 rings (SSSR count). The highest BCUT2D eigenvalue weighted by Gasteiger charge is 2.33. The van der Waals surface area contributed by atoms with Gasteiger partial charge in [0.1, 0.15) is 12.1 Å². The molecule has 0 saturated carbocycles. The number of nitro groups is 1. The number of halogens is 4. The van der Waals surface area contributed by atoms with Crippen LogP contribution in [0, 0.1) is 10.1 Å². The van der Waals surface area contributed by atoms with Gasteiger partial charge in [0, 0.05) is 38.1 Å². The summed E-state index contributed by atoms with van der Waals surface area (Å²) >= 11 is 5.94. The van der Waals surface area contributed by atoms with Crippen LogP contribution in [0.1, 0.15) is 5.56 Å². The van der Waals surface area contributed by atoms with Gasteiger partial charge >= 0.3 is 11.9 Å². The van der Waals surface area contributed by atoms with Crippen molar-refractivity contribution in [2.45, 2.75) is 6.18 Å². The van der Waals surface area contributed by atoms with Gasteiger partial charge in [0.2, 0.25) is 11.6 Å². The minimum Gasteiger partial charge on any atom is -0.497 e. The molecule has 3 aromatic rings. The van der Waals surface area contributed by atoms with E-state index >= 15 is 0 Å². The van der Waals surface area contributed by atoms with E-state index in [1.807, 2.05) is 24.3 Å². The van der Waals surface area contributed by atoms with Gasteiger partial charge in [-0.15, -0.1) is 0 Å². The fraction of sp³-hybridized carbons (Fsp3) is 0.286. The maximum atomic E-state index is 12.9. The Hall–Kier alpha value is -3.87. The van der Waals surface area contributed by atoms with Crippen molar-refractivity contribution in [3.05, 3.63) is 63.6 Å². The molecule has 1 saturated heterocycles. The zero-order valence-corrected chi connectivity index (χ0v) is 19.0. The number of ether oxygens (including phenoxy) is 1. The van der Waals surface area contributed by atoms with Gasteiger partial charge in [-0.05, 0) is 30.3 Å². The van der Waals surface area contributed by atoms with E-state index < -0.39 is 22.4 Å². The molecular formula is C21H19ClF3N7O3. The number of methoxy groups -OCH3 is 1. The Morgan fingerprint density at radius 1 is 1.06 bits per heavy atom. The number of nitrogens with one attached hydrogen (secondary N) is 1. The van der Waals surface area contributed by atoms with Crippen molar-refractivity contribution in [1.82, 2.24) is 15.0 Å². The van der Waals surface area contributed by atoms with Crippen molar-refractivity contribution < 1.29 is 22.8 Å². The van der Waals surface area contributed by atoms with Gasteiger partial charge in [0.05, 0.1) is 22.6 Å². The first kappa shape index (κ1) is 24.3. The smallest absolute Gasteiger partial charge is 0.417 e. The summed E-state index contributed by atoms with van der Waals surface area (Å²) < 4.78 is 43.8. The lowest BCUT2D eigenvalue weighted by Gasteiger charge is -2.36. The average Bonchev–Trinajstić information content (AvgIpc) is 2.84. The van der Waals surface area contributed by atoms with Crippen molar-refractivity contribution in [2.24, 2.45) is 0 Å². The molecule has 184 valence electrons. The molecule has 0 bridgehead atoms. The van der Waals surface area contributed by atoms with Gasteiger partial charge in [0.25, 0.3) is 0 Å². The maximum absolute atomic E-state index is 12.9. The van der Waals surface area contributed by atoms with Crippen molar-refractivity contribution in [3.8, 4) is 5.75 Å². The fourth-order valence-corrected chi connectivity index (χ4v) is 3.84. The number of alkyl halides is 3. The molecular weight excluding hydrogens is 491 g/mol. The molecule has 1 aromatic carbocycles. The first-order valence-corrected chi connectivity index (χ1v) is 10.7. The van der Waals surface area contributed by atoms with Gasteiger partial charge in [0.15, 0.2) is 5.82 Å². The number of hydrogen-bond acceptors (Lipinski definition) is 9. The van der Waals surface area contributed by atoms with Gasteiger partial charge in [-0.2, -0.15) is 13.2 Å². The molecule has 0 unspecified atom stereocenters. The molecule has 0 atom stereocenters. The Bertz CT molecular complexity index is 1220. The second-order valence-electron chi connectivity index (χ2n) is 7.50. The average molecular weight is 510 g/mol. The summed E-state index contributed by atoms with van der Waals surface area (Å²) in [7, 11) is 1.59. The zero-order valence-electron chi connectivity index (χ0n) is 18.3. The highest BCUT2D eigenvalue weighted by Crippen LogP contribution is 2.37. The molecule has 1 fully saturated rings. The van der Waals surface area contributed by atoms with E-state index in [0.717, 1.165) is 17.8 Å². The van der Waals surface area contributed by atoms with Crippen molar-refractivity contribution in [1.29, 1.82) is 0 Å². The van der Waals surface area contributed by atoms with Gasteiger partial charge in [-0.3, -0.25) is 10.1 Å². The maximum Gasteiger partial charge on any atom is 0.417 e. The SMILES string of the molecule is COc1ccc(N2CCN(c3ncnc(Nc4ncc(C(F)(F)F)cc4Cl)c3[N+](=O)[O-])CC2)cc1. The van der Waals surface area contributed by atoms with Gasteiger partial charge in [-0.1, -0.05) is 11.6 Å². The standard InChI is InChI=1S/C21H19ClF3N7O3/c1-35-15-4-2-14(3-5-15)30-6-8-31(9-7-30)20-17(32(33)34)19(27-12-28-20)29-18-16(22)10-13(11-26-18)21(23,24)25/h2-5,10-12H,6-9H2,1H3,(H,26,27,28,29). The minimum absolute atomic E-state index is 0.0879. The van der Waals surface area contributed by atoms with Crippen LogP contribution in [0.25, 0.3) is 0 Å². The van der Waals surface area contributed by atoms with Crippen molar-refractivity contribution >= 4 is 40.4 Å². The summed E-state index contributed by atoms with van der Waals surface area (Å²) in [6, 6.07) is 8.27. The molecule has 1 N–H and O–H groups in total. The number of rotatable bonds is 6. The quantitative estimate of drug-likeness (QED) is 0.378. The molecule has 1 aliphatic rings. The summed E-state index contributed by atoms with van der Waals surface area (Å²) in [5.74, 6) is 0.403. The van der Waals surface area contributed by atoms with Crippen molar-refractivity contribution in [2.75, 3.05) is 48.4 Å². The predicted octanol–water partition coefficient (Wildman–Crippen LogP) is 4.53. The van der Waals surface area contributed by atoms with Crippen LogP contribution in [0.5, 0.6) is 5.75 Å². The first-order chi connectivity index (χ1) is 16.7. The Kier molecular flexibility index (Phi) is 6.78. The molecule has 0 spiro atoms. The van der Waals surface area contributed by atoms with E-state index in [-0.39, 0.29) is 22.5 Å². The van der Waals surface area contributed by atoms with E-state index in [2.05, 4.69) is 25.2 Å². The Balaban J connectivity index is 1.55. The highest BCUT2D eigenvalue weighted by atomic mass is 35.5. The second kappa shape index (κ2) is 9.78. The third-order valence-electron chi connectivity index (χ3n) is 5.41. The van der Waals surface area contributed by atoms with Crippen molar-refractivity contribution in [3.63, 3.8) is 0 Å². The molecule has 0 amide bonds. The number of anilines is 4. The summed E-state index contributed by atoms with van der Waals surface area (Å²) in [5.41, 5.74) is -0.475. The Labute approximate surface area is 202 Å². The monoisotopic (exact) mass is 509 g/mol.